The van der Waals surface area contributed by atoms with Crippen molar-refractivity contribution in [2.24, 2.45) is 17.8 Å². The summed E-state index contributed by atoms with van der Waals surface area (Å²) in [5.74, 6) is 0.769. The van der Waals surface area contributed by atoms with Crippen LogP contribution in [0.2, 0.25) is 0 Å². The van der Waals surface area contributed by atoms with Crippen molar-refractivity contribution in [3.8, 4) is 0 Å². The molecule has 3 atom stereocenters. The van der Waals surface area contributed by atoms with E-state index in [0.717, 1.165) is 37.8 Å². The SMILES string of the molecule is Cc1ccc(NC(=O)C2C[C@H]3CCC[C@@H](C2)C3=O)cc1. The largest absolute Gasteiger partial charge is 0.326 e. The lowest BCUT2D eigenvalue weighted by Gasteiger charge is -2.36. The van der Waals surface area contributed by atoms with E-state index in [1.54, 1.807) is 0 Å². The first-order chi connectivity index (χ1) is 9.63. The van der Waals surface area contributed by atoms with Crippen molar-refractivity contribution in [1.82, 2.24) is 0 Å². The Hall–Kier alpha value is -1.64. The van der Waals surface area contributed by atoms with Crippen molar-refractivity contribution in [2.75, 3.05) is 5.32 Å². The molecule has 2 bridgehead atoms. The lowest BCUT2D eigenvalue weighted by Crippen LogP contribution is -2.40. The van der Waals surface area contributed by atoms with E-state index in [1.807, 2.05) is 31.2 Å². The number of nitrogens with one attached hydrogen (secondary N) is 1. The Kier molecular flexibility index (Phi) is 3.60. The van der Waals surface area contributed by atoms with Gasteiger partial charge in [0.2, 0.25) is 5.91 Å². The van der Waals surface area contributed by atoms with Gasteiger partial charge in [0, 0.05) is 23.4 Å². The van der Waals surface area contributed by atoms with Gasteiger partial charge in [-0.25, -0.2) is 0 Å². The van der Waals surface area contributed by atoms with Crippen LogP contribution in [0.5, 0.6) is 0 Å². The summed E-state index contributed by atoms with van der Waals surface area (Å²) >= 11 is 0. The van der Waals surface area contributed by atoms with E-state index in [4.69, 9.17) is 0 Å². The molecule has 1 aromatic rings. The topological polar surface area (TPSA) is 46.2 Å². The predicted molar refractivity (Wildman–Crippen MR) is 78.4 cm³/mol. The summed E-state index contributed by atoms with van der Waals surface area (Å²) in [4.78, 5) is 24.4. The number of amides is 1. The predicted octanol–water partition coefficient (Wildman–Crippen LogP) is 3.33. The number of fused-ring (bicyclic) bond motifs is 2. The van der Waals surface area contributed by atoms with Gasteiger partial charge in [0.1, 0.15) is 5.78 Å². The number of anilines is 1. The van der Waals surface area contributed by atoms with Crippen molar-refractivity contribution in [3.05, 3.63) is 29.8 Å². The Morgan fingerprint density at radius 3 is 2.30 bits per heavy atom. The number of hydrogen-bond donors (Lipinski definition) is 1. The molecule has 0 aromatic heterocycles. The number of benzene rings is 1. The number of carbonyl (C=O) groups is 2. The average molecular weight is 271 g/mol. The van der Waals surface area contributed by atoms with Crippen LogP contribution in [0.15, 0.2) is 24.3 Å². The van der Waals surface area contributed by atoms with Crippen molar-refractivity contribution in [3.63, 3.8) is 0 Å². The van der Waals surface area contributed by atoms with Crippen LogP contribution in [-0.4, -0.2) is 11.7 Å². The Bertz CT molecular complexity index is 504. The van der Waals surface area contributed by atoms with E-state index in [-0.39, 0.29) is 23.7 Å². The van der Waals surface area contributed by atoms with Crippen LogP contribution < -0.4 is 5.32 Å². The summed E-state index contributed by atoms with van der Waals surface area (Å²) in [6.45, 7) is 2.03. The summed E-state index contributed by atoms with van der Waals surface area (Å²) < 4.78 is 0. The van der Waals surface area contributed by atoms with Crippen molar-refractivity contribution in [1.29, 1.82) is 0 Å². The summed E-state index contributed by atoms with van der Waals surface area (Å²) in [6, 6.07) is 7.85. The number of hydrogen-bond acceptors (Lipinski definition) is 2. The zero-order chi connectivity index (χ0) is 14.1. The molecule has 3 nitrogen and oxygen atoms in total. The lowest BCUT2D eigenvalue weighted by atomic mass is 9.67. The van der Waals surface area contributed by atoms with E-state index in [9.17, 15) is 9.59 Å². The maximum atomic E-state index is 12.4. The first-order valence-corrected chi connectivity index (χ1v) is 7.55. The molecular weight excluding hydrogens is 250 g/mol. The fraction of sp³-hybridized carbons (Fsp3) is 0.529. The van der Waals surface area contributed by atoms with Crippen LogP contribution in [-0.2, 0) is 9.59 Å². The number of Topliss-reactive ketones (excluding diaryl/α,β-unsaturated/α-hetero) is 1. The second-order valence-corrected chi connectivity index (χ2v) is 6.25. The first kappa shape index (κ1) is 13.3. The van der Waals surface area contributed by atoms with Gasteiger partial charge in [0.15, 0.2) is 0 Å². The van der Waals surface area contributed by atoms with Gasteiger partial charge >= 0.3 is 0 Å². The molecule has 2 aliphatic rings. The van der Waals surface area contributed by atoms with Gasteiger partial charge < -0.3 is 5.32 Å². The first-order valence-electron chi connectivity index (χ1n) is 7.55. The van der Waals surface area contributed by atoms with Crippen molar-refractivity contribution >= 4 is 17.4 Å². The van der Waals surface area contributed by atoms with Crippen molar-refractivity contribution in [2.45, 2.75) is 39.0 Å². The van der Waals surface area contributed by atoms with E-state index in [2.05, 4.69) is 5.32 Å². The summed E-state index contributed by atoms with van der Waals surface area (Å²) in [6.07, 6.45) is 4.58. The third kappa shape index (κ3) is 2.62. The van der Waals surface area contributed by atoms with Crippen LogP contribution in [0.1, 0.15) is 37.7 Å². The zero-order valence-corrected chi connectivity index (χ0v) is 11.9. The molecule has 1 unspecified atom stereocenters. The maximum absolute atomic E-state index is 12.4. The molecule has 1 amide bonds. The number of carbonyl (C=O) groups excluding carboxylic acids is 2. The second kappa shape index (κ2) is 5.39. The standard InChI is InChI=1S/C17H21NO2/c1-11-5-7-15(8-6-11)18-17(20)14-9-12-3-2-4-13(10-14)16(12)19/h5-8,12-14H,2-4,9-10H2,1H3,(H,18,20)/t12-,13+,14?. The van der Waals surface area contributed by atoms with E-state index in [1.165, 1.54) is 5.56 Å². The minimum atomic E-state index is 0.00398. The molecule has 1 N–H and O–H groups in total. The molecule has 0 radical (unpaired) electrons. The number of ketones is 1. The molecular formula is C17H21NO2. The third-order valence-corrected chi connectivity index (χ3v) is 4.74. The van der Waals surface area contributed by atoms with Crippen LogP contribution >= 0.6 is 0 Å². The van der Waals surface area contributed by atoms with Gasteiger partial charge in [-0.2, -0.15) is 0 Å². The number of aryl methyl sites for hydroxylation is 1. The highest BCUT2D eigenvalue weighted by atomic mass is 16.2. The molecule has 0 aliphatic heterocycles. The Labute approximate surface area is 119 Å². The quantitative estimate of drug-likeness (QED) is 0.896. The molecule has 3 heteroatoms. The molecule has 0 spiro atoms. The molecule has 106 valence electrons. The van der Waals surface area contributed by atoms with E-state index in [0.29, 0.717) is 5.78 Å². The highest BCUT2D eigenvalue weighted by molar-refractivity contribution is 5.95. The molecule has 2 aliphatic carbocycles. The molecule has 2 fully saturated rings. The van der Waals surface area contributed by atoms with Crippen LogP contribution in [0, 0.1) is 24.7 Å². The summed E-state index contributed by atoms with van der Waals surface area (Å²) in [5, 5.41) is 2.99. The second-order valence-electron chi connectivity index (χ2n) is 6.25. The van der Waals surface area contributed by atoms with Crippen LogP contribution in [0.3, 0.4) is 0 Å². The number of rotatable bonds is 2. The van der Waals surface area contributed by atoms with Gasteiger partial charge in [-0.1, -0.05) is 24.1 Å². The van der Waals surface area contributed by atoms with Crippen LogP contribution in [0.4, 0.5) is 5.69 Å². The Balaban J connectivity index is 1.66. The normalized spacial score (nSPS) is 29.1. The summed E-state index contributed by atoms with van der Waals surface area (Å²) in [5.41, 5.74) is 2.03. The Morgan fingerprint density at radius 2 is 1.70 bits per heavy atom. The molecule has 0 saturated heterocycles. The molecule has 0 heterocycles. The van der Waals surface area contributed by atoms with Gasteiger partial charge in [0.25, 0.3) is 0 Å². The van der Waals surface area contributed by atoms with Crippen LogP contribution in [0.25, 0.3) is 0 Å². The highest BCUT2D eigenvalue weighted by Gasteiger charge is 2.41. The monoisotopic (exact) mass is 271 g/mol. The maximum Gasteiger partial charge on any atom is 0.227 e. The molecule has 3 rings (SSSR count). The highest BCUT2D eigenvalue weighted by Crippen LogP contribution is 2.40. The zero-order valence-electron chi connectivity index (χ0n) is 11.9. The fourth-order valence-electron chi connectivity index (χ4n) is 3.57. The summed E-state index contributed by atoms with van der Waals surface area (Å²) in [7, 11) is 0. The third-order valence-electron chi connectivity index (χ3n) is 4.74. The minimum absolute atomic E-state index is 0.00398. The fourth-order valence-corrected chi connectivity index (χ4v) is 3.57. The molecule has 1 aromatic carbocycles. The smallest absolute Gasteiger partial charge is 0.227 e. The van der Waals surface area contributed by atoms with Gasteiger partial charge in [0.05, 0.1) is 0 Å². The van der Waals surface area contributed by atoms with E-state index >= 15 is 0 Å². The lowest BCUT2D eigenvalue weighted by molar-refractivity contribution is -0.136. The molecule has 20 heavy (non-hydrogen) atoms. The average Bonchev–Trinajstić information content (AvgIpc) is 2.41. The van der Waals surface area contributed by atoms with Crippen molar-refractivity contribution < 1.29 is 9.59 Å². The minimum Gasteiger partial charge on any atom is -0.326 e. The van der Waals surface area contributed by atoms with Gasteiger partial charge in [-0.05, 0) is 44.7 Å². The van der Waals surface area contributed by atoms with Gasteiger partial charge in [-0.3, -0.25) is 9.59 Å². The Morgan fingerprint density at radius 1 is 1.10 bits per heavy atom. The molecule has 2 saturated carbocycles. The van der Waals surface area contributed by atoms with E-state index < -0.39 is 0 Å². The van der Waals surface area contributed by atoms with Gasteiger partial charge in [-0.15, -0.1) is 0 Å².